The van der Waals surface area contributed by atoms with E-state index >= 15 is 0 Å². The first-order chi connectivity index (χ1) is 9.16. The van der Waals surface area contributed by atoms with Gasteiger partial charge in [0.05, 0.1) is 18.2 Å². The number of benzene rings is 1. The second kappa shape index (κ2) is 6.30. The highest BCUT2D eigenvalue weighted by molar-refractivity contribution is 14.0. The fraction of sp³-hybridized carbons (Fsp3) is 0.533. The largest absolute Gasteiger partial charge is 0.388 e. The Morgan fingerprint density at radius 2 is 2.05 bits per heavy atom. The van der Waals surface area contributed by atoms with Crippen LogP contribution < -0.4 is 5.32 Å². The molecule has 4 nitrogen and oxygen atoms in total. The van der Waals surface area contributed by atoms with Crippen molar-refractivity contribution in [1.82, 2.24) is 10.2 Å². The van der Waals surface area contributed by atoms with Gasteiger partial charge in [-0.25, -0.2) is 0 Å². The van der Waals surface area contributed by atoms with Crippen molar-refractivity contribution in [3.63, 3.8) is 0 Å². The van der Waals surface area contributed by atoms with E-state index in [2.05, 4.69) is 34.6 Å². The highest BCUT2D eigenvalue weighted by atomic mass is 127. The standard InChI is InChI=1S/C15H21N3O.HI/c1-18(11-15(19)8-5-9-15)14-16-10-13(17-14)12-6-3-2-4-7-12;/h2-4,6-7,13,19H,5,8-11H2,1H3,(H,16,17);1H. The number of rotatable bonds is 3. The number of hydrogen-bond donors (Lipinski definition) is 2. The number of hydrogen-bond acceptors (Lipinski definition) is 4. The molecule has 1 saturated carbocycles. The molecule has 110 valence electrons. The minimum atomic E-state index is -0.496. The maximum absolute atomic E-state index is 10.2. The lowest BCUT2D eigenvalue weighted by Gasteiger charge is -2.40. The van der Waals surface area contributed by atoms with E-state index in [9.17, 15) is 5.11 Å². The summed E-state index contributed by atoms with van der Waals surface area (Å²) in [6, 6.07) is 10.6. The van der Waals surface area contributed by atoms with Gasteiger partial charge in [0, 0.05) is 13.6 Å². The summed E-state index contributed by atoms with van der Waals surface area (Å²) < 4.78 is 0. The third-order valence-corrected chi connectivity index (χ3v) is 4.11. The molecule has 2 aliphatic rings. The zero-order chi connectivity index (χ0) is 13.3. The van der Waals surface area contributed by atoms with Gasteiger partial charge < -0.3 is 15.3 Å². The Morgan fingerprint density at radius 1 is 1.35 bits per heavy atom. The third kappa shape index (κ3) is 3.25. The molecule has 0 radical (unpaired) electrons. The van der Waals surface area contributed by atoms with E-state index in [0.717, 1.165) is 31.8 Å². The molecule has 2 N–H and O–H groups in total. The Hall–Kier alpha value is -0.820. The summed E-state index contributed by atoms with van der Waals surface area (Å²) in [4.78, 5) is 6.60. The van der Waals surface area contributed by atoms with Crippen LogP contribution in [0.4, 0.5) is 0 Å². The van der Waals surface area contributed by atoms with Crippen molar-refractivity contribution in [2.24, 2.45) is 4.99 Å². The highest BCUT2D eigenvalue weighted by Crippen LogP contribution is 2.32. The number of likely N-dealkylation sites (N-methyl/N-ethyl adjacent to an activating group) is 1. The molecule has 3 rings (SSSR count). The van der Waals surface area contributed by atoms with Crippen molar-refractivity contribution in [3.8, 4) is 0 Å². The minimum Gasteiger partial charge on any atom is -0.388 e. The molecule has 1 aliphatic heterocycles. The van der Waals surface area contributed by atoms with Crippen LogP contribution in [0.1, 0.15) is 30.9 Å². The van der Waals surface area contributed by atoms with Gasteiger partial charge in [0.2, 0.25) is 0 Å². The number of aliphatic imine (C=N–C) groups is 1. The molecular formula is C15H22IN3O. The summed E-state index contributed by atoms with van der Waals surface area (Å²) in [6.07, 6.45) is 2.95. The summed E-state index contributed by atoms with van der Waals surface area (Å²) in [6.45, 7) is 1.43. The highest BCUT2D eigenvalue weighted by Gasteiger charge is 2.36. The Balaban J connectivity index is 0.00000147. The van der Waals surface area contributed by atoms with Crippen LogP contribution in [0.2, 0.25) is 0 Å². The zero-order valence-corrected chi connectivity index (χ0v) is 14.1. The summed E-state index contributed by atoms with van der Waals surface area (Å²) in [7, 11) is 2.00. The van der Waals surface area contributed by atoms with Gasteiger partial charge in [-0.15, -0.1) is 24.0 Å². The topological polar surface area (TPSA) is 47.9 Å². The van der Waals surface area contributed by atoms with Crippen molar-refractivity contribution in [3.05, 3.63) is 35.9 Å². The molecule has 1 aromatic carbocycles. The molecule has 5 heteroatoms. The number of halogens is 1. The van der Waals surface area contributed by atoms with Crippen molar-refractivity contribution in [1.29, 1.82) is 0 Å². The van der Waals surface area contributed by atoms with Crippen LogP contribution in [0, 0.1) is 0 Å². The van der Waals surface area contributed by atoms with Crippen LogP contribution in [0.3, 0.4) is 0 Å². The quantitative estimate of drug-likeness (QED) is 0.782. The van der Waals surface area contributed by atoms with Crippen LogP contribution >= 0.6 is 24.0 Å². The summed E-state index contributed by atoms with van der Waals surface area (Å²) in [5, 5.41) is 13.6. The maximum Gasteiger partial charge on any atom is 0.194 e. The molecule has 20 heavy (non-hydrogen) atoms. The van der Waals surface area contributed by atoms with E-state index in [-0.39, 0.29) is 30.0 Å². The zero-order valence-electron chi connectivity index (χ0n) is 11.7. The van der Waals surface area contributed by atoms with Crippen LogP contribution in [-0.2, 0) is 0 Å². The molecule has 0 amide bonds. The Kier molecular flexibility index (Phi) is 4.90. The monoisotopic (exact) mass is 387 g/mol. The molecule has 1 atom stereocenters. The summed E-state index contributed by atoms with van der Waals surface area (Å²) in [5.41, 5.74) is 0.765. The maximum atomic E-state index is 10.2. The first kappa shape index (κ1) is 15.6. The van der Waals surface area contributed by atoms with Crippen molar-refractivity contribution in [2.45, 2.75) is 30.9 Å². The van der Waals surface area contributed by atoms with Crippen molar-refractivity contribution >= 4 is 29.9 Å². The van der Waals surface area contributed by atoms with Crippen molar-refractivity contribution < 1.29 is 5.11 Å². The lowest BCUT2D eigenvalue weighted by atomic mass is 9.80. The normalized spacial score (nSPS) is 23.1. The first-order valence-electron chi connectivity index (χ1n) is 6.96. The van der Waals surface area contributed by atoms with Gasteiger partial charge in [0.1, 0.15) is 0 Å². The molecule has 0 saturated heterocycles. The molecule has 1 unspecified atom stereocenters. The second-order valence-corrected chi connectivity index (χ2v) is 5.71. The molecule has 1 aliphatic carbocycles. The summed E-state index contributed by atoms with van der Waals surface area (Å²) in [5.74, 6) is 0.897. The first-order valence-corrected chi connectivity index (χ1v) is 6.96. The van der Waals surface area contributed by atoms with Crippen LogP contribution in [-0.4, -0.2) is 41.7 Å². The fourth-order valence-corrected chi connectivity index (χ4v) is 2.79. The van der Waals surface area contributed by atoms with Gasteiger partial charge in [0.15, 0.2) is 5.96 Å². The van der Waals surface area contributed by atoms with E-state index in [1.165, 1.54) is 5.56 Å². The van der Waals surface area contributed by atoms with Gasteiger partial charge in [-0.2, -0.15) is 0 Å². The average molecular weight is 387 g/mol. The predicted octanol–water partition coefficient (Wildman–Crippen LogP) is 2.15. The lowest BCUT2D eigenvalue weighted by molar-refractivity contribution is -0.0446. The third-order valence-electron chi connectivity index (χ3n) is 4.11. The minimum absolute atomic E-state index is 0. The van der Waals surface area contributed by atoms with E-state index in [1.54, 1.807) is 0 Å². The van der Waals surface area contributed by atoms with E-state index < -0.39 is 5.60 Å². The number of guanidine groups is 1. The Morgan fingerprint density at radius 3 is 2.65 bits per heavy atom. The molecule has 0 aromatic heterocycles. The van der Waals surface area contributed by atoms with E-state index in [0.29, 0.717) is 6.54 Å². The van der Waals surface area contributed by atoms with Gasteiger partial charge >= 0.3 is 0 Å². The van der Waals surface area contributed by atoms with E-state index in [1.807, 2.05) is 18.0 Å². The second-order valence-electron chi connectivity index (χ2n) is 5.71. The fourth-order valence-electron chi connectivity index (χ4n) is 2.79. The molecule has 1 fully saturated rings. The van der Waals surface area contributed by atoms with Gasteiger partial charge in [-0.1, -0.05) is 30.3 Å². The number of nitrogens with zero attached hydrogens (tertiary/aromatic N) is 2. The molecule has 1 aromatic rings. The van der Waals surface area contributed by atoms with Gasteiger partial charge in [-0.05, 0) is 24.8 Å². The molecule has 1 heterocycles. The molecular weight excluding hydrogens is 365 g/mol. The number of aliphatic hydroxyl groups is 1. The summed E-state index contributed by atoms with van der Waals surface area (Å²) >= 11 is 0. The van der Waals surface area contributed by atoms with Gasteiger partial charge in [-0.3, -0.25) is 4.99 Å². The molecule has 0 spiro atoms. The lowest BCUT2D eigenvalue weighted by Crippen LogP contribution is -2.50. The van der Waals surface area contributed by atoms with Crippen LogP contribution in [0.15, 0.2) is 35.3 Å². The Bertz CT molecular complexity index is 473. The Labute approximate surface area is 137 Å². The van der Waals surface area contributed by atoms with Crippen LogP contribution in [0.25, 0.3) is 0 Å². The smallest absolute Gasteiger partial charge is 0.194 e. The van der Waals surface area contributed by atoms with E-state index in [4.69, 9.17) is 0 Å². The predicted molar refractivity (Wildman–Crippen MR) is 91.5 cm³/mol. The van der Waals surface area contributed by atoms with Gasteiger partial charge in [0.25, 0.3) is 0 Å². The van der Waals surface area contributed by atoms with Crippen molar-refractivity contribution in [2.75, 3.05) is 20.1 Å². The SMILES string of the molecule is CN(CC1(O)CCC1)C1=NCC(c2ccccc2)N1.I. The van der Waals surface area contributed by atoms with Crippen LogP contribution in [0.5, 0.6) is 0 Å². The number of nitrogens with one attached hydrogen (secondary N) is 1. The molecule has 0 bridgehead atoms. The average Bonchev–Trinajstić information content (AvgIpc) is 2.87.